The number of carboxylic acid groups (broad SMARTS) is 1. The summed E-state index contributed by atoms with van der Waals surface area (Å²) in [6, 6.07) is 3.54. The molecule has 0 unspecified atom stereocenters. The predicted octanol–water partition coefficient (Wildman–Crippen LogP) is 2.05. The number of nitrogens with one attached hydrogen (secondary N) is 3. The fraction of sp³-hybridized carbons (Fsp3) is 0.200. The van der Waals surface area contributed by atoms with Crippen molar-refractivity contribution in [2.24, 2.45) is 4.99 Å². The van der Waals surface area contributed by atoms with Crippen molar-refractivity contribution in [2.45, 2.75) is 13.8 Å². The van der Waals surface area contributed by atoms with Gasteiger partial charge >= 0.3 is 0 Å². The molecule has 0 saturated heterocycles. The van der Waals surface area contributed by atoms with E-state index < -0.39 is 5.97 Å². The van der Waals surface area contributed by atoms with Crippen LogP contribution >= 0.6 is 0 Å². The zero-order chi connectivity index (χ0) is 17.6. The van der Waals surface area contributed by atoms with Crippen molar-refractivity contribution in [3.8, 4) is 5.75 Å². The maximum Gasteiger partial charge on any atom is 0.300 e. The number of rotatable bonds is 2. The van der Waals surface area contributed by atoms with Crippen LogP contribution in [0.1, 0.15) is 12.5 Å². The molecule has 0 fully saturated rings. The fourth-order valence-corrected chi connectivity index (χ4v) is 1.65. The Kier molecular flexibility index (Phi) is 6.02. The number of carboxylic acids is 1. The number of carbonyl (C=O) groups is 1. The zero-order valence-electron chi connectivity index (χ0n) is 13.1. The minimum atomic E-state index is -0.833. The number of benzene rings is 1. The Morgan fingerprint density at radius 1 is 1.35 bits per heavy atom. The highest BCUT2D eigenvalue weighted by Gasteiger charge is 2.13. The largest absolute Gasteiger partial charge is 0.494 e. The normalized spacial score (nSPS) is 12.9. The van der Waals surface area contributed by atoms with Gasteiger partial charge in [-0.3, -0.25) is 15.6 Å². The Balaban J connectivity index is 0.000000593. The van der Waals surface area contributed by atoms with Gasteiger partial charge in [0.05, 0.1) is 18.5 Å². The molecule has 0 radical (unpaired) electrons. The molecule has 23 heavy (non-hydrogen) atoms. The Morgan fingerprint density at radius 2 is 1.96 bits per heavy atom. The van der Waals surface area contributed by atoms with Gasteiger partial charge < -0.3 is 20.9 Å². The fourth-order valence-electron chi connectivity index (χ4n) is 1.65. The van der Waals surface area contributed by atoms with Gasteiger partial charge in [0.15, 0.2) is 5.84 Å². The predicted molar refractivity (Wildman–Crippen MR) is 91.1 cm³/mol. The summed E-state index contributed by atoms with van der Waals surface area (Å²) in [4.78, 5) is 13.0. The van der Waals surface area contributed by atoms with Gasteiger partial charge in [-0.25, -0.2) is 4.99 Å². The molecule has 122 valence electrons. The van der Waals surface area contributed by atoms with Crippen molar-refractivity contribution in [3.63, 3.8) is 0 Å². The monoisotopic (exact) mass is 317 g/mol. The lowest BCUT2D eigenvalue weighted by Crippen LogP contribution is -2.25. The summed E-state index contributed by atoms with van der Waals surface area (Å²) >= 11 is 0. The maximum atomic E-state index is 9.00. The van der Waals surface area contributed by atoms with Crippen LogP contribution in [0.4, 0.5) is 11.4 Å². The number of nitrogen functional groups attached to an aromatic ring is 1. The molecule has 8 heteroatoms. The van der Waals surface area contributed by atoms with Gasteiger partial charge in [-0.05, 0) is 30.7 Å². The summed E-state index contributed by atoms with van der Waals surface area (Å²) < 4.78 is 5.25. The Bertz CT molecular complexity index is 703. The number of aryl methyl sites for hydroxylation is 1. The van der Waals surface area contributed by atoms with Crippen molar-refractivity contribution in [2.75, 3.05) is 18.2 Å². The number of anilines is 2. The van der Waals surface area contributed by atoms with E-state index >= 15 is 0 Å². The van der Waals surface area contributed by atoms with E-state index in [-0.39, 0.29) is 11.5 Å². The first-order valence-electron chi connectivity index (χ1n) is 6.59. The molecule has 2 rings (SSSR count). The number of dihydropyridines is 1. The third-order valence-corrected chi connectivity index (χ3v) is 2.74. The summed E-state index contributed by atoms with van der Waals surface area (Å²) in [5, 5.41) is 25.7. The molecule has 0 atom stereocenters. The number of nitrogens with two attached hydrogens (primary N) is 1. The number of nitrogens with zero attached hydrogens (tertiary/aromatic N) is 1. The molecule has 0 amide bonds. The second-order valence-corrected chi connectivity index (χ2v) is 4.65. The van der Waals surface area contributed by atoms with E-state index in [4.69, 9.17) is 31.2 Å². The molecule has 6 N–H and O–H groups in total. The number of hydrogen-bond donors (Lipinski definition) is 5. The highest BCUT2D eigenvalue weighted by Crippen LogP contribution is 2.29. The maximum absolute atomic E-state index is 9.00. The quantitative estimate of drug-likeness (QED) is 0.530. The molecule has 1 aliphatic rings. The van der Waals surface area contributed by atoms with E-state index in [0.29, 0.717) is 23.0 Å². The molecule has 1 heterocycles. The smallest absolute Gasteiger partial charge is 0.300 e. The van der Waals surface area contributed by atoms with Crippen LogP contribution in [0.5, 0.6) is 5.75 Å². The minimum Gasteiger partial charge on any atom is -0.494 e. The van der Waals surface area contributed by atoms with Crippen LogP contribution in [0.3, 0.4) is 0 Å². The van der Waals surface area contributed by atoms with Crippen molar-refractivity contribution < 1.29 is 14.6 Å². The van der Waals surface area contributed by atoms with Crippen molar-refractivity contribution in [1.82, 2.24) is 0 Å². The second-order valence-electron chi connectivity index (χ2n) is 4.65. The van der Waals surface area contributed by atoms with E-state index in [0.717, 1.165) is 12.5 Å². The topological polar surface area (TPSA) is 145 Å². The lowest BCUT2D eigenvalue weighted by Gasteiger charge is -2.16. The van der Waals surface area contributed by atoms with Crippen molar-refractivity contribution in [1.29, 1.82) is 10.8 Å². The van der Waals surface area contributed by atoms with Crippen molar-refractivity contribution in [3.05, 3.63) is 29.8 Å². The van der Waals surface area contributed by atoms with Gasteiger partial charge in [0.1, 0.15) is 11.6 Å². The van der Waals surface area contributed by atoms with Crippen LogP contribution in [0.2, 0.25) is 0 Å². The third kappa shape index (κ3) is 5.27. The van der Waals surface area contributed by atoms with Crippen molar-refractivity contribution >= 4 is 34.7 Å². The number of amidine groups is 2. The van der Waals surface area contributed by atoms with E-state index in [9.17, 15) is 0 Å². The van der Waals surface area contributed by atoms with E-state index in [2.05, 4.69) is 10.3 Å². The Morgan fingerprint density at radius 3 is 2.52 bits per heavy atom. The lowest BCUT2D eigenvalue weighted by atomic mass is 10.1. The second kappa shape index (κ2) is 7.74. The molecule has 1 aromatic carbocycles. The van der Waals surface area contributed by atoms with Gasteiger partial charge in [-0.15, -0.1) is 0 Å². The lowest BCUT2D eigenvalue weighted by molar-refractivity contribution is -0.134. The van der Waals surface area contributed by atoms with Crippen LogP contribution in [-0.2, 0) is 4.79 Å². The molecule has 0 aliphatic carbocycles. The molecule has 0 saturated carbocycles. The van der Waals surface area contributed by atoms with Gasteiger partial charge in [0, 0.05) is 18.7 Å². The number of aliphatic imine (C=N–C) groups is 1. The van der Waals surface area contributed by atoms with Crippen LogP contribution in [-0.4, -0.2) is 35.6 Å². The van der Waals surface area contributed by atoms with E-state index in [1.807, 2.05) is 13.0 Å². The molecule has 8 nitrogen and oxygen atoms in total. The molecule has 0 bridgehead atoms. The minimum absolute atomic E-state index is 0.102. The van der Waals surface area contributed by atoms with E-state index in [1.165, 1.54) is 12.2 Å². The van der Waals surface area contributed by atoms with Crippen LogP contribution < -0.4 is 15.8 Å². The third-order valence-electron chi connectivity index (χ3n) is 2.74. The van der Waals surface area contributed by atoms with Crippen LogP contribution in [0, 0.1) is 17.7 Å². The van der Waals surface area contributed by atoms with Crippen LogP contribution in [0.25, 0.3) is 0 Å². The summed E-state index contributed by atoms with van der Waals surface area (Å²) in [6.07, 6.45) is 2.99. The summed E-state index contributed by atoms with van der Waals surface area (Å²) in [7, 11) is 1.55. The SMILES string of the molecule is CC(=O)O.COc1cc(N)c(C)cc1NC1=NC(=N)C=CC1=N. The van der Waals surface area contributed by atoms with Gasteiger partial charge in [0.25, 0.3) is 5.97 Å². The molecule has 1 aromatic rings. The Hall–Kier alpha value is -3.16. The van der Waals surface area contributed by atoms with Gasteiger partial charge in [0.2, 0.25) is 0 Å². The number of hydrogen-bond acceptors (Lipinski definition) is 6. The number of aliphatic carboxylic acids is 1. The number of ether oxygens (including phenoxy) is 1. The average molecular weight is 317 g/mol. The summed E-state index contributed by atoms with van der Waals surface area (Å²) in [6.45, 7) is 2.97. The zero-order valence-corrected chi connectivity index (χ0v) is 13.1. The first kappa shape index (κ1) is 17.9. The summed E-state index contributed by atoms with van der Waals surface area (Å²) in [5.74, 6) is 0.152. The van der Waals surface area contributed by atoms with E-state index in [1.54, 1.807) is 13.2 Å². The first-order valence-corrected chi connectivity index (χ1v) is 6.59. The molecular formula is C15H19N5O3. The molecular weight excluding hydrogens is 298 g/mol. The highest BCUT2D eigenvalue weighted by molar-refractivity contribution is 6.51. The van der Waals surface area contributed by atoms with Gasteiger partial charge in [-0.2, -0.15) is 0 Å². The van der Waals surface area contributed by atoms with Crippen LogP contribution in [0.15, 0.2) is 29.3 Å². The standard InChI is InChI=1S/C13H15N5O.C2H4O2/c1-7-5-10(11(19-2)6-9(7)15)17-13-8(14)3-4-12(16)18-13;1-2(3)4/h3-6,14H,15H2,1-2H3,(H2,16,17,18);1H3,(H,3,4). The highest BCUT2D eigenvalue weighted by atomic mass is 16.5. The average Bonchev–Trinajstić information content (AvgIpc) is 2.46. The molecule has 0 aromatic heterocycles. The van der Waals surface area contributed by atoms with Gasteiger partial charge in [-0.1, -0.05) is 0 Å². The summed E-state index contributed by atoms with van der Waals surface area (Å²) in [5.41, 5.74) is 8.24. The first-order chi connectivity index (χ1) is 10.7. The Labute approximate surface area is 133 Å². The number of methoxy groups -OCH3 is 1. The molecule has 0 spiro atoms. The molecule has 1 aliphatic heterocycles.